The van der Waals surface area contributed by atoms with Gasteiger partial charge in [0.2, 0.25) is 5.95 Å². The minimum Gasteiger partial charge on any atom is -0.292 e. The van der Waals surface area contributed by atoms with Gasteiger partial charge < -0.3 is 0 Å². The predicted octanol–water partition coefficient (Wildman–Crippen LogP) is 14.4. The summed E-state index contributed by atoms with van der Waals surface area (Å²) in [6, 6.07) is 75.0. The van der Waals surface area contributed by atoms with Gasteiger partial charge in [-0.1, -0.05) is 164 Å². The summed E-state index contributed by atoms with van der Waals surface area (Å²) < 4.78 is 4.52. The lowest BCUT2D eigenvalue weighted by atomic mass is 9.99. The van der Waals surface area contributed by atoms with E-state index in [1.807, 2.05) is 18.3 Å². The van der Waals surface area contributed by atoms with Crippen molar-refractivity contribution in [3.05, 3.63) is 219 Å². The van der Waals surface area contributed by atoms with Gasteiger partial charge in [0, 0.05) is 38.9 Å². The maximum absolute atomic E-state index is 5.45. The zero-order valence-electron chi connectivity index (χ0n) is 34.5. The zero-order valence-corrected chi connectivity index (χ0v) is 34.5. The zero-order chi connectivity index (χ0) is 42.1. The molecule has 0 saturated heterocycles. The summed E-state index contributed by atoms with van der Waals surface area (Å²) in [5.74, 6) is 2.54. The first-order valence-electron chi connectivity index (χ1n) is 21.5. The van der Waals surface area contributed by atoms with Crippen molar-refractivity contribution >= 4 is 65.2 Å². The molecule has 0 amide bonds. The average Bonchev–Trinajstić information content (AvgIpc) is 3.89. The minimum atomic E-state index is 0.531. The molecule has 6 heteroatoms. The Bertz CT molecular complexity index is 3830. The fourth-order valence-corrected chi connectivity index (χ4v) is 9.57. The fraction of sp³-hybridized carbons (Fsp3) is 0. The molecule has 0 unspecified atom stereocenters. The summed E-state index contributed by atoms with van der Waals surface area (Å²) in [7, 11) is 0. The number of para-hydroxylation sites is 2. The second-order valence-electron chi connectivity index (χ2n) is 16.3. The van der Waals surface area contributed by atoms with E-state index >= 15 is 0 Å². The van der Waals surface area contributed by atoms with Gasteiger partial charge in [0.1, 0.15) is 5.82 Å². The van der Waals surface area contributed by atoms with Crippen molar-refractivity contribution in [1.82, 2.24) is 29.1 Å². The van der Waals surface area contributed by atoms with E-state index in [-0.39, 0.29) is 0 Å². The van der Waals surface area contributed by atoms with Crippen LogP contribution < -0.4 is 0 Å². The summed E-state index contributed by atoms with van der Waals surface area (Å²) in [5.41, 5.74) is 10.3. The van der Waals surface area contributed by atoms with Gasteiger partial charge in [-0.25, -0.2) is 9.97 Å². The van der Waals surface area contributed by atoms with Crippen LogP contribution in [0.5, 0.6) is 0 Å². The van der Waals surface area contributed by atoms with Gasteiger partial charge in [0.15, 0.2) is 11.6 Å². The van der Waals surface area contributed by atoms with E-state index in [0.717, 1.165) is 82.8 Å². The number of fused-ring (bicyclic) bond motifs is 9. The van der Waals surface area contributed by atoms with E-state index in [1.165, 1.54) is 21.5 Å². The number of benzene rings is 9. The lowest BCUT2D eigenvalue weighted by Gasteiger charge is -2.14. The molecule has 9 aromatic carbocycles. The van der Waals surface area contributed by atoms with Crippen molar-refractivity contribution in [3.8, 4) is 56.8 Å². The van der Waals surface area contributed by atoms with Crippen LogP contribution in [0.4, 0.5) is 0 Å². The number of rotatable bonds is 6. The third-order valence-electron chi connectivity index (χ3n) is 12.6. The lowest BCUT2D eigenvalue weighted by molar-refractivity contribution is 0.952. The van der Waals surface area contributed by atoms with Gasteiger partial charge in [0.05, 0.1) is 22.1 Å². The molecule has 0 aliphatic rings. The van der Waals surface area contributed by atoms with Crippen molar-refractivity contribution < 1.29 is 0 Å². The monoisotopic (exact) mass is 816 g/mol. The van der Waals surface area contributed by atoms with Crippen molar-refractivity contribution in [2.75, 3.05) is 0 Å². The Balaban J connectivity index is 1.09. The second kappa shape index (κ2) is 14.4. The van der Waals surface area contributed by atoms with Crippen LogP contribution in [0.2, 0.25) is 0 Å². The maximum Gasteiger partial charge on any atom is 0.238 e. The van der Waals surface area contributed by atoms with Gasteiger partial charge in [-0.2, -0.15) is 9.97 Å². The molecule has 6 nitrogen and oxygen atoms in total. The van der Waals surface area contributed by atoms with Crippen molar-refractivity contribution in [1.29, 1.82) is 0 Å². The molecule has 0 radical (unpaired) electrons. The van der Waals surface area contributed by atoms with Gasteiger partial charge in [-0.15, -0.1) is 0 Å². The normalized spacial score (nSPS) is 11.8. The SMILES string of the molecule is c1ccc(-n2c3ccccc3c3ccc4c5ccccc5n(-c5nc(-c6cccc(-c7ccc8ccccc8c7)c6)nc(-c6cccc(-c7ccc8ccccc8c7)c6)n5)c4c32)nc1. The van der Waals surface area contributed by atoms with Crippen LogP contribution in [0.3, 0.4) is 0 Å². The lowest BCUT2D eigenvalue weighted by Crippen LogP contribution is -2.07. The summed E-state index contributed by atoms with van der Waals surface area (Å²) in [4.78, 5) is 21.1. The van der Waals surface area contributed by atoms with Crippen LogP contribution in [0.1, 0.15) is 0 Å². The highest BCUT2D eigenvalue weighted by molar-refractivity contribution is 6.23. The number of pyridine rings is 1. The smallest absolute Gasteiger partial charge is 0.238 e. The second-order valence-corrected chi connectivity index (χ2v) is 16.3. The van der Waals surface area contributed by atoms with Crippen LogP contribution in [-0.2, 0) is 0 Å². The molecule has 0 bridgehead atoms. The van der Waals surface area contributed by atoms with E-state index in [1.54, 1.807) is 0 Å². The van der Waals surface area contributed by atoms with Crippen molar-refractivity contribution in [3.63, 3.8) is 0 Å². The van der Waals surface area contributed by atoms with Crippen molar-refractivity contribution in [2.24, 2.45) is 0 Å². The first-order valence-corrected chi connectivity index (χ1v) is 21.5. The fourth-order valence-electron chi connectivity index (χ4n) is 9.57. The van der Waals surface area contributed by atoms with Gasteiger partial charge in [-0.3, -0.25) is 9.13 Å². The largest absolute Gasteiger partial charge is 0.292 e. The standard InChI is InChI=1S/C58H36N6/c1-3-15-39-33-43(28-26-37(39)13-1)41-17-11-19-45(35-41)56-60-57(46-20-12-18-42(36-46)44-29-27-38-14-2-4-16-40(38)34-44)62-58(61-56)64-52-24-8-6-22-48(52)50-31-30-49-47-21-5-7-23-51(47)63(54(49)55(50)64)53-25-9-10-32-59-53/h1-36H. The summed E-state index contributed by atoms with van der Waals surface area (Å²) in [5, 5.41) is 9.29. The molecule has 0 spiro atoms. The Kier molecular flexibility index (Phi) is 8.11. The van der Waals surface area contributed by atoms with Crippen LogP contribution in [0.25, 0.3) is 122 Å². The summed E-state index contributed by atoms with van der Waals surface area (Å²) in [6.07, 6.45) is 1.86. The number of nitrogens with zero attached hydrogens (tertiary/aromatic N) is 6. The van der Waals surface area contributed by atoms with Crippen LogP contribution in [0.15, 0.2) is 219 Å². The predicted molar refractivity (Wildman–Crippen MR) is 263 cm³/mol. The molecule has 0 fully saturated rings. The Labute approximate surface area is 368 Å². The van der Waals surface area contributed by atoms with Gasteiger partial charge in [-0.05, 0) is 92.3 Å². The van der Waals surface area contributed by atoms with Crippen LogP contribution in [0, 0.1) is 0 Å². The highest BCUT2D eigenvalue weighted by Gasteiger charge is 2.24. The van der Waals surface area contributed by atoms with Gasteiger partial charge >= 0.3 is 0 Å². The van der Waals surface area contributed by atoms with E-state index in [9.17, 15) is 0 Å². The maximum atomic E-state index is 5.45. The molecule has 298 valence electrons. The van der Waals surface area contributed by atoms with Gasteiger partial charge in [0.25, 0.3) is 0 Å². The first-order chi connectivity index (χ1) is 31.7. The molecule has 0 aliphatic carbocycles. The Morgan fingerprint density at radius 3 is 1.33 bits per heavy atom. The third kappa shape index (κ3) is 5.81. The molecular weight excluding hydrogens is 781 g/mol. The Morgan fingerprint density at radius 1 is 0.297 bits per heavy atom. The number of hydrogen-bond acceptors (Lipinski definition) is 4. The van der Waals surface area contributed by atoms with Crippen LogP contribution in [-0.4, -0.2) is 29.1 Å². The van der Waals surface area contributed by atoms with Crippen molar-refractivity contribution in [2.45, 2.75) is 0 Å². The highest BCUT2D eigenvalue weighted by atomic mass is 15.2. The highest BCUT2D eigenvalue weighted by Crippen LogP contribution is 2.41. The molecule has 0 aliphatic heterocycles. The average molecular weight is 817 g/mol. The molecule has 0 saturated carbocycles. The molecular formula is C58H36N6. The molecule has 13 rings (SSSR count). The first kappa shape index (κ1) is 36.0. The number of hydrogen-bond donors (Lipinski definition) is 0. The van der Waals surface area contributed by atoms with E-state index in [4.69, 9.17) is 19.9 Å². The topological polar surface area (TPSA) is 61.4 Å². The molecule has 13 aromatic rings. The molecule has 4 aromatic heterocycles. The Morgan fingerprint density at radius 2 is 0.766 bits per heavy atom. The third-order valence-corrected chi connectivity index (χ3v) is 12.6. The van der Waals surface area contributed by atoms with Crippen LogP contribution >= 0.6 is 0 Å². The van der Waals surface area contributed by atoms with E-state index in [0.29, 0.717) is 17.6 Å². The molecule has 4 heterocycles. The minimum absolute atomic E-state index is 0.531. The quantitative estimate of drug-likeness (QED) is 0.168. The molecule has 0 atom stereocenters. The van der Waals surface area contributed by atoms with E-state index < -0.39 is 0 Å². The molecule has 0 N–H and O–H groups in total. The Hall–Kier alpha value is -8.74. The number of aromatic nitrogens is 6. The summed E-state index contributed by atoms with van der Waals surface area (Å²) >= 11 is 0. The molecule has 64 heavy (non-hydrogen) atoms. The summed E-state index contributed by atoms with van der Waals surface area (Å²) in [6.45, 7) is 0. The van der Waals surface area contributed by atoms with E-state index in [2.05, 4.69) is 209 Å².